The molecule has 10 rings (SSSR count). The molecule has 282 valence electrons. The maximum Gasteiger partial charge on any atom is 0.0541 e. The number of nitrogens with zero attached hydrogens (tertiary/aromatic N) is 2. The summed E-state index contributed by atoms with van der Waals surface area (Å²) in [7, 11) is 0. The average molecular weight is 751 g/mol. The average Bonchev–Trinajstić information content (AvgIpc) is 4.09. The molecule has 0 aliphatic heterocycles. The Kier molecular flexibility index (Phi) is 12.0. The van der Waals surface area contributed by atoms with Crippen molar-refractivity contribution in [3.8, 4) is 16.8 Å². The highest BCUT2D eigenvalue weighted by Gasteiger charge is 2.19. The van der Waals surface area contributed by atoms with Gasteiger partial charge in [-0.05, 0) is 96.3 Å². The quantitative estimate of drug-likeness (QED) is 0.144. The minimum atomic E-state index is 0.299. The van der Waals surface area contributed by atoms with Crippen molar-refractivity contribution in [3.05, 3.63) is 167 Å². The van der Waals surface area contributed by atoms with E-state index in [2.05, 4.69) is 174 Å². The van der Waals surface area contributed by atoms with E-state index in [-0.39, 0.29) is 0 Å². The Morgan fingerprint density at radius 2 is 1.32 bits per heavy atom. The fourth-order valence-electron chi connectivity index (χ4n) is 8.33. The molecule has 0 radical (unpaired) electrons. The third-order valence-corrected chi connectivity index (χ3v) is 11.9. The maximum atomic E-state index is 2.55. The molecule has 5 aromatic carbocycles. The lowest BCUT2D eigenvalue weighted by Crippen LogP contribution is -2.25. The van der Waals surface area contributed by atoms with Crippen LogP contribution in [0.3, 0.4) is 0 Å². The molecule has 2 aliphatic carbocycles. The van der Waals surface area contributed by atoms with Crippen LogP contribution in [0, 0.1) is 0 Å². The second-order valence-electron chi connectivity index (χ2n) is 13.6. The molecule has 56 heavy (non-hydrogen) atoms. The van der Waals surface area contributed by atoms with E-state index in [1.165, 1.54) is 86.2 Å². The Hall–Kier alpha value is -5.64. The van der Waals surface area contributed by atoms with E-state index >= 15 is 0 Å². The van der Waals surface area contributed by atoms with E-state index in [0.717, 1.165) is 19.3 Å². The van der Waals surface area contributed by atoms with Crippen molar-refractivity contribution in [1.29, 1.82) is 0 Å². The topological polar surface area (TPSA) is 9.86 Å². The smallest absolute Gasteiger partial charge is 0.0541 e. The summed E-state index contributed by atoms with van der Waals surface area (Å²) in [6, 6.07) is 42.8. The first-order valence-corrected chi connectivity index (χ1v) is 21.5. The number of thiophene rings is 1. The van der Waals surface area contributed by atoms with Crippen LogP contribution in [-0.2, 0) is 6.42 Å². The summed E-state index contributed by atoms with van der Waals surface area (Å²) in [6.07, 6.45) is 19.1. The zero-order valence-corrected chi connectivity index (χ0v) is 34.8. The molecule has 3 heteroatoms. The van der Waals surface area contributed by atoms with Crippen molar-refractivity contribution in [2.24, 2.45) is 0 Å². The fourth-order valence-corrected chi connectivity index (χ4v) is 9.58. The summed E-state index contributed by atoms with van der Waals surface area (Å²) in [5.74, 6) is 0. The zero-order chi connectivity index (χ0) is 39.2. The summed E-state index contributed by atoms with van der Waals surface area (Å²) in [5, 5.41) is 8.01. The van der Waals surface area contributed by atoms with Gasteiger partial charge in [-0.3, -0.25) is 0 Å². The van der Waals surface area contributed by atoms with Crippen molar-refractivity contribution in [2.45, 2.75) is 73.8 Å². The molecular weight excluding hydrogens is 697 g/mol. The van der Waals surface area contributed by atoms with Gasteiger partial charge in [0.1, 0.15) is 0 Å². The van der Waals surface area contributed by atoms with E-state index in [0.29, 0.717) is 6.04 Å². The SMILES string of the molecule is CC.CC.CC.CC(C/C=C\C=CC1=CCc2c1sc1ccccc21)n1c2ccccc2c2ccc(-c3ccc4c(c3)c3c(n4-c4ccccc4)=CCC=3)cc21. The number of benzene rings is 5. The van der Waals surface area contributed by atoms with E-state index in [1.807, 2.05) is 52.9 Å². The van der Waals surface area contributed by atoms with Crippen molar-refractivity contribution < 1.29 is 0 Å². The first-order chi connectivity index (χ1) is 27.7. The highest BCUT2D eigenvalue weighted by atomic mass is 32.1. The molecule has 3 aromatic heterocycles. The van der Waals surface area contributed by atoms with Gasteiger partial charge in [0.2, 0.25) is 0 Å². The lowest BCUT2D eigenvalue weighted by molar-refractivity contribution is 0.590. The fraction of sp³-hybridized carbons (Fsp3) is 0.208. The summed E-state index contributed by atoms with van der Waals surface area (Å²) in [4.78, 5) is 1.43. The summed E-state index contributed by atoms with van der Waals surface area (Å²) < 4.78 is 6.35. The monoisotopic (exact) mass is 750 g/mol. The standard InChI is InChI=1S/C47H36N2S.3C2H6/c1-31(13-4-2-5-14-32-23-27-40-39-18-9-11-22-46(39)50-47(32)40)48-42-20-10-8-17-36(42)38-26-24-34(30-45(38)48)33-25-28-44-41(29-33)37-19-12-21-43(37)49(44)35-15-6-3-7-16-35;3*1-2/h2-11,14-26,28-31H,12-13,27H2,1H3;3*1-2H3/b4-2-,14-5?;;;. The predicted molar refractivity (Wildman–Crippen MR) is 250 cm³/mol. The Bertz CT molecular complexity index is 2850. The molecule has 1 atom stereocenters. The zero-order valence-electron chi connectivity index (χ0n) is 34.0. The molecule has 0 saturated carbocycles. The summed E-state index contributed by atoms with van der Waals surface area (Å²) in [5.41, 5.74) is 10.4. The second kappa shape index (κ2) is 17.4. The normalized spacial score (nSPS) is 13.4. The second-order valence-corrected chi connectivity index (χ2v) is 14.7. The molecule has 0 N–H and O–H groups in total. The van der Waals surface area contributed by atoms with E-state index in [9.17, 15) is 0 Å². The maximum absolute atomic E-state index is 2.55. The minimum Gasteiger partial charge on any atom is -0.337 e. The number of para-hydroxylation sites is 2. The predicted octanol–water partition coefficient (Wildman–Crippen LogP) is 14.4. The van der Waals surface area contributed by atoms with Crippen molar-refractivity contribution in [3.63, 3.8) is 0 Å². The third kappa shape index (κ3) is 6.90. The van der Waals surface area contributed by atoms with Gasteiger partial charge in [-0.1, -0.05) is 157 Å². The molecular formula is C53H54N2S. The Labute approximate surface area is 336 Å². The largest absolute Gasteiger partial charge is 0.337 e. The number of hydrogen-bond donors (Lipinski definition) is 0. The van der Waals surface area contributed by atoms with Gasteiger partial charge in [-0.2, -0.15) is 0 Å². The molecule has 0 bridgehead atoms. The molecule has 0 saturated heterocycles. The molecule has 3 heterocycles. The highest BCUT2D eigenvalue weighted by Crippen LogP contribution is 2.41. The van der Waals surface area contributed by atoms with Gasteiger partial charge in [0, 0.05) is 53.7 Å². The minimum absolute atomic E-state index is 0.299. The van der Waals surface area contributed by atoms with Crippen LogP contribution in [0.25, 0.3) is 77.3 Å². The molecule has 2 aliphatic rings. The first-order valence-electron chi connectivity index (χ1n) is 20.7. The molecule has 0 fully saturated rings. The van der Waals surface area contributed by atoms with Gasteiger partial charge in [-0.15, -0.1) is 11.3 Å². The lowest BCUT2D eigenvalue weighted by Gasteiger charge is -2.16. The molecule has 0 spiro atoms. The third-order valence-electron chi connectivity index (χ3n) is 10.7. The first kappa shape index (κ1) is 38.6. The van der Waals surface area contributed by atoms with Crippen LogP contribution in [-0.4, -0.2) is 9.13 Å². The van der Waals surface area contributed by atoms with Gasteiger partial charge in [0.05, 0.1) is 10.9 Å². The van der Waals surface area contributed by atoms with E-state index in [1.54, 1.807) is 0 Å². The van der Waals surface area contributed by atoms with Gasteiger partial charge in [0.25, 0.3) is 0 Å². The van der Waals surface area contributed by atoms with Crippen molar-refractivity contribution in [2.75, 3.05) is 0 Å². The molecule has 0 amide bonds. The molecule has 2 nitrogen and oxygen atoms in total. The van der Waals surface area contributed by atoms with Crippen molar-refractivity contribution >= 4 is 71.9 Å². The van der Waals surface area contributed by atoms with E-state index in [4.69, 9.17) is 0 Å². The Morgan fingerprint density at radius 1 is 0.625 bits per heavy atom. The molecule has 8 aromatic rings. The summed E-state index contributed by atoms with van der Waals surface area (Å²) >= 11 is 1.92. The van der Waals surface area contributed by atoms with Crippen LogP contribution < -0.4 is 10.6 Å². The molecule has 1 unspecified atom stereocenters. The number of aromatic nitrogens is 2. The van der Waals surface area contributed by atoms with Crippen molar-refractivity contribution in [1.82, 2.24) is 9.13 Å². The van der Waals surface area contributed by atoms with Gasteiger partial charge < -0.3 is 9.13 Å². The Morgan fingerprint density at radius 3 is 2.14 bits per heavy atom. The number of allylic oxidation sites excluding steroid dienone is 6. The summed E-state index contributed by atoms with van der Waals surface area (Å²) in [6.45, 7) is 14.4. The Balaban J connectivity index is 0.000000766. The van der Waals surface area contributed by atoms with Gasteiger partial charge >= 0.3 is 0 Å². The van der Waals surface area contributed by atoms with Crippen LogP contribution in [0.5, 0.6) is 0 Å². The van der Waals surface area contributed by atoms with Crippen LogP contribution in [0.2, 0.25) is 0 Å². The van der Waals surface area contributed by atoms with Crippen LogP contribution in [0.15, 0.2) is 146 Å². The lowest BCUT2D eigenvalue weighted by atomic mass is 10.0. The number of rotatable bonds is 7. The van der Waals surface area contributed by atoms with Gasteiger partial charge in [-0.25, -0.2) is 0 Å². The van der Waals surface area contributed by atoms with Crippen LogP contribution in [0.1, 0.15) is 77.8 Å². The van der Waals surface area contributed by atoms with Crippen LogP contribution in [0.4, 0.5) is 0 Å². The van der Waals surface area contributed by atoms with E-state index < -0.39 is 0 Å². The number of hydrogen-bond acceptors (Lipinski definition) is 1. The highest BCUT2D eigenvalue weighted by molar-refractivity contribution is 7.20. The van der Waals surface area contributed by atoms with Gasteiger partial charge in [0.15, 0.2) is 0 Å². The number of fused-ring (bicyclic) bond motifs is 9. The van der Waals surface area contributed by atoms with Crippen LogP contribution >= 0.6 is 11.3 Å².